The SMILES string of the molecule is CNc1cncc(N(C)CCC#N)n1. The van der Waals surface area contributed by atoms with Gasteiger partial charge in [-0.2, -0.15) is 5.26 Å². The Balaban J connectivity index is 2.70. The zero-order chi connectivity index (χ0) is 10.4. The molecule has 0 aromatic carbocycles. The van der Waals surface area contributed by atoms with E-state index in [2.05, 4.69) is 21.4 Å². The van der Waals surface area contributed by atoms with Crippen LogP contribution in [0.2, 0.25) is 0 Å². The quantitative estimate of drug-likeness (QED) is 0.765. The number of nitrogens with one attached hydrogen (secondary N) is 1. The highest BCUT2D eigenvalue weighted by atomic mass is 15.2. The molecule has 0 aliphatic heterocycles. The first-order chi connectivity index (χ1) is 6.77. The van der Waals surface area contributed by atoms with Crippen molar-refractivity contribution in [2.75, 3.05) is 30.9 Å². The number of rotatable bonds is 4. The van der Waals surface area contributed by atoms with E-state index in [1.165, 1.54) is 0 Å². The summed E-state index contributed by atoms with van der Waals surface area (Å²) in [5.41, 5.74) is 0. The molecule has 1 rings (SSSR count). The Bertz CT molecular complexity index is 330. The first-order valence-electron chi connectivity index (χ1n) is 4.36. The second-order valence-electron chi connectivity index (χ2n) is 2.84. The van der Waals surface area contributed by atoms with Gasteiger partial charge in [0.25, 0.3) is 0 Å². The van der Waals surface area contributed by atoms with Crippen LogP contribution in [0.4, 0.5) is 11.6 Å². The Kier molecular flexibility index (Phi) is 3.68. The van der Waals surface area contributed by atoms with Crippen LogP contribution < -0.4 is 10.2 Å². The topological polar surface area (TPSA) is 64.8 Å². The molecule has 74 valence electrons. The zero-order valence-electron chi connectivity index (χ0n) is 8.36. The van der Waals surface area contributed by atoms with Crippen LogP contribution in [0, 0.1) is 11.3 Å². The van der Waals surface area contributed by atoms with Crippen molar-refractivity contribution in [2.24, 2.45) is 0 Å². The Labute approximate surface area is 83.4 Å². The van der Waals surface area contributed by atoms with E-state index in [4.69, 9.17) is 5.26 Å². The highest BCUT2D eigenvalue weighted by molar-refractivity contribution is 5.42. The first kappa shape index (κ1) is 10.3. The number of hydrogen-bond donors (Lipinski definition) is 1. The molecule has 0 bridgehead atoms. The molecule has 0 radical (unpaired) electrons. The molecule has 0 aliphatic carbocycles. The van der Waals surface area contributed by atoms with Crippen molar-refractivity contribution in [3.05, 3.63) is 12.4 Å². The molecule has 0 atom stereocenters. The molecule has 0 amide bonds. The van der Waals surface area contributed by atoms with Gasteiger partial charge in [0.15, 0.2) is 0 Å². The summed E-state index contributed by atoms with van der Waals surface area (Å²) in [6.07, 6.45) is 3.82. The van der Waals surface area contributed by atoms with Crippen LogP contribution in [0.25, 0.3) is 0 Å². The van der Waals surface area contributed by atoms with Gasteiger partial charge in [-0.15, -0.1) is 0 Å². The average Bonchev–Trinajstić information content (AvgIpc) is 2.26. The Morgan fingerprint density at radius 2 is 2.36 bits per heavy atom. The molecule has 1 N–H and O–H groups in total. The van der Waals surface area contributed by atoms with E-state index in [9.17, 15) is 0 Å². The minimum Gasteiger partial charge on any atom is -0.372 e. The second kappa shape index (κ2) is 5.02. The standard InChI is InChI=1S/C9H13N5/c1-11-8-6-12-7-9(13-8)14(2)5-3-4-10/h6-7H,3,5H2,1-2H3,(H,11,13). The predicted molar refractivity (Wildman–Crippen MR) is 55.1 cm³/mol. The minimum atomic E-state index is 0.488. The van der Waals surface area contributed by atoms with E-state index in [-0.39, 0.29) is 0 Å². The van der Waals surface area contributed by atoms with Gasteiger partial charge in [-0.25, -0.2) is 4.98 Å². The summed E-state index contributed by atoms with van der Waals surface area (Å²) in [6, 6.07) is 2.09. The maximum absolute atomic E-state index is 8.44. The van der Waals surface area contributed by atoms with E-state index in [1.807, 2.05) is 11.9 Å². The fourth-order valence-electron chi connectivity index (χ4n) is 0.992. The number of nitrogens with zero attached hydrogens (tertiary/aromatic N) is 4. The van der Waals surface area contributed by atoms with E-state index in [1.54, 1.807) is 19.4 Å². The molecule has 0 spiro atoms. The van der Waals surface area contributed by atoms with Gasteiger partial charge in [0, 0.05) is 20.6 Å². The average molecular weight is 191 g/mol. The van der Waals surface area contributed by atoms with Crippen LogP contribution in [0.1, 0.15) is 6.42 Å². The maximum atomic E-state index is 8.44. The fraction of sp³-hybridized carbons (Fsp3) is 0.444. The first-order valence-corrected chi connectivity index (χ1v) is 4.36. The van der Waals surface area contributed by atoms with Gasteiger partial charge < -0.3 is 10.2 Å². The van der Waals surface area contributed by atoms with Crippen molar-refractivity contribution in [2.45, 2.75) is 6.42 Å². The van der Waals surface area contributed by atoms with Crippen molar-refractivity contribution in [3.8, 4) is 6.07 Å². The lowest BCUT2D eigenvalue weighted by molar-refractivity contribution is 0.879. The third-order valence-corrected chi connectivity index (χ3v) is 1.83. The summed E-state index contributed by atoms with van der Waals surface area (Å²) in [5.74, 6) is 1.50. The third-order valence-electron chi connectivity index (χ3n) is 1.83. The van der Waals surface area contributed by atoms with Crippen molar-refractivity contribution in [1.82, 2.24) is 9.97 Å². The molecule has 1 aromatic heterocycles. The van der Waals surface area contributed by atoms with Gasteiger partial charge in [0.05, 0.1) is 24.9 Å². The molecule has 0 fully saturated rings. The molecular formula is C9H13N5. The summed E-state index contributed by atoms with van der Waals surface area (Å²) in [5, 5.41) is 11.4. The summed E-state index contributed by atoms with van der Waals surface area (Å²) in [6.45, 7) is 0.665. The van der Waals surface area contributed by atoms with Crippen molar-refractivity contribution >= 4 is 11.6 Å². The molecule has 0 unspecified atom stereocenters. The van der Waals surface area contributed by atoms with E-state index in [0.29, 0.717) is 13.0 Å². The molecule has 0 saturated heterocycles. The zero-order valence-corrected chi connectivity index (χ0v) is 8.36. The van der Waals surface area contributed by atoms with Crippen LogP contribution in [0.3, 0.4) is 0 Å². The summed E-state index contributed by atoms with van der Waals surface area (Å²) in [7, 11) is 3.68. The van der Waals surface area contributed by atoms with Crippen molar-refractivity contribution in [1.29, 1.82) is 5.26 Å². The second-order valence-corrected chi connectivity index (χ2v) is 2.84. The summed E-state index contributed by atoms with van der Waals surface area (Å²) >= 11 is 0. The third kappa shape index (κ3) is 2.59. The molecule has 1 aromatic rings. The highest BCUT2D eigenvalue weighted by Crippen LogP contribution is 2.09. The van der Waals surface area contributed by atoms with Gasteiger partial charge in [-0.05, 0) is 0 Å². The molecule has 0 saturated carbocycles. The van der Waals surface area contributed by atoms with Gasteiger partial charge in [0.1, 0.15) is 11.6 Å². The lowest BCUT2D eigenvalue weighted by Crippen LogP contribution is -2.19. The van der Waals surface area contributed by atoms with Gasteiger partial charge >= 0.3 is 0 Å². The van der Waals surface area contributed by atoms with Crippen LogP contribution >= 0.6 is 0 Å². The van der Waals surface area contributed by atoms with Crippen LogP contribution in [0.15, 0.2) is 12.4 Å². The van der Waals surface area contributed by atoms with Crippen molar-refractivity contribution < 1.29 is 0 Å². The van der Waals surface area contributed by atoms with Crippen LogP contribution in [-0.2, 0) is 0 Å². The lowest BCUT2D eigenvalue weighted by Gasteiger charge is -2.16. The summed E-state index contributed by atoms with van der Waals surface area (Å²) in [4.78, 5) is 10.2. The highest BCUT2D eigenvalue weighted by Gasteiger charge is 2.02. The molecular weight excluding hydrogens is 178 g/mol. The Hall–Kier alpha value is -1.83. The minimum absolute atomic E-state index is 0.488. The smallest absolute Gasteiger partial charge is 0.149 e. The predicted octanol–water partition coefficient (Wildman–Crippen LogP) is 0.868. The molecule has 1 heterocycles. The summed E-state index contributed by atoms with van der Waals surface area (Å²) < 4.78 is 0. The van der Waals surface area contributed by atoms with Crippen molar-refractivity contribution in [3.63, 3.8) is 0 Å². The maximum Gasteiger partial charge on any atom is 0.149 e. The Morgan fingerprint density at radius 3 is 3.00 bits per heavy atom. The molecule has 0 aliphatic rings. The van der Waals surface area contributed by atoms with E-state index >= 15 is 0 Å². The van der Waals surface area contributed by atoms with Gasteiger partial charge in [0.2, 0.25) is 0 Å². The Morgan fingerprint density at radius 1 is 1.57 bits per heavy atom. The van der Waals surface area contributed by atoms with E-state index < -0.39 is 0 Å². The molecule has 14 heavy (non-hydrogen) atoms. The van der Waals surface area contributed by atoms with Crippen LogP contribution in [-0.4, -0.2) is 30.6 Å². The monoisotopic (exact) mass is 191 g/mol. The van der Waals surface area contributed by atoms with E-state index in [0.717, 1.165) is 11.6 Å². The largest absolute Gasteiger partial charge is 0.372 e. The normalized spacial score (nSPS) is 9.21. The molecule has 5 heteroatoms. The molecule has 5 nitrogen and oxygen atoms in total. The fourth-order valence-corrected chi connectivity index (χ4v) is 0.992. The number of anilines is 2. The lowest BCUT2D eigenvalue weighted by atomic mass is 10.4. The number of nitriles is 1. The van der Waals surface area contributed by atoms with Gasteiger partial charge in [-0.1, -0.05) is 0 Å². The van der Waals surface area contributed by atoms with Crippen LogP contribution in [0.5, 0.6) is 0 Å². The van der Waals surface area contributed by atoms with Gasteiger partial charge in [-0.3, -0.25) is 4.98 Å². The number of aromatic nitrogens is 2. The number of hydrogen-bond acceptors (Lipinski definition) is 5.